The van der Waals surface area contributed by atoms with E-state index in [1.165, 1.54) is 0 Å². The second kappa shape index (κ2) is 7.01. The highest BCUT2D eigenvalue weighted by Crippen LogP contribution is 1.74. The zero-order valence-corrected chi connectivity index (χ0v) is 6.99. The highest BCUT2D eigenvalue weighted by Gasteiger charge is 2.06. The van der Waals surface area contributed by atoms with Crippen molar-refractivity contribution in [2.45, 2.75) is 6.42 Å². The molecule has 74 valence electrons. The summed E-state index contributed by atoms with van der Waals surface area (Å²) in [6.45, 7) is 0.0663. The van der Waals surface area contributed by atoms with E-state index in [0.717, 1.165) is 0 Å². The first-order valence-electron chi connectivity index (χ1n) is 3.72. The first-order valence-corrected chi connectivity index (χ1v) is 3.72. The quantitative estimate of drug-likeness (QED) is 0.220. The molecule has 7 nitrogen and oxygen atoms in total. The highest BCUT2D eigenvalue weighted by molar-refractivity contribution is 5.76. The zero-order chi connectivity index (χ0) is 10.1. The lowest BCUT2D eigenvalue weighted by atomic mass is 10.4. The van der Waals surface area contributed by atoms with Crippen molar-refractivity contribution in [1.82, 2.24) is 10.6 Å². The van der Waals surface area contributed by atoms with Crippen molar-refractivity contribution < 1.29 is 14.5 Å². The Morgan fingerprint density at radius 3 is 2.69 bits per heavy atom. The smallest absolute Gasteiger partial charge is 0.291 e. The summed E-state index contributed by atoms with van der Waals surface area (Å²) in [7, 11) is 0. The normalized spacial score (nSPS) is 8.92. The third kappa shape index (κ3) is 8.24. The number of nitrogens with one attached hydrogen (secondary N) is 2. The number of amides is 2. The Morgan fingerprint density at radius 2 is 2.15 bits per heavy atom. The maximum absolute atomic E-state index is 10.6. The van der Waals surface area contributed by atoms with Crippen LogP contribution in [0.25, 0.3) is 0 Å². The van der Waals surface area contributed by atoms with Crippen LogP contribution in [0.1, 0.15) is 6.42 Å². The molecule has 0 aromatic rings. The molecule has 0 aliphatic rings. The fourth-order valence-corrected chi connectivity index (χ4v) is 0.650. The van der Waals surface area contributed by atoms with E-state index in [9.17, 15) is 19.7 Å². The fourth-order valence-electron chi connectivity index (χ4n) is 0.650. The average molecular weight is 189 g/mol. The summed E-state index contributed by atoms with van der Waals surface area (Å²) >= 11 is 0. The van der Waals surface area contributed by atoms with Gasteiger partial charge >= 0.3 is 0 Å². The summed E-state index contributed by atoms with van der Waals surface area (Å²) in [5.41, 5.74) is 0. The van der Waals surface area contributed by atoms with E-state index < -0.39 is 17.4 Å². The molecular weight excluding hydrogens is 178 g/mol. The van der Waals surface area contributed by atoms with E-state index >= 15 is 0 Å². The molecule has 0 fully saturated rings. The zero-order valence-electron chi connectivity index (χ0n) is 6.99. The Balaban J connectivity index is 3.26. The maximum atomic E-state index is 10.6. The van der Waals surface area contributed by atoms with Gasteiger partial charge in [-0.3, -0.25) is 19.7 Å². The van der Waals surface area contributed by atoms with E-state index in [-0.39, 0.29) is 0 Å². The van der Waals surface area contributed by atoms with Gasteiger partial charge in [0.25, 0.3) is 12.5 Å². The van der Waals surface area contributed by atoms with Gasteiger partial charge in [0.2, 0.25) is 6.41 Å². The van der Waals surface area contributed by atoms with Crippen LogP contribution >= 0.6 is 0 Å². The topological polar surface area (TPSA) is 101 Å². The molecule has 0 spiro atoms. The van der Waals surface area contributed by atoms with Crippen molar-refractivity contribution in [2.75, 3.05) is 19.6 Å². The van der Waals surface area contributed by atoms with Crippen LogP contribution in [0.4, 0.5) is 0 Å². The Hall–Kier alpha value is -1.66. The van der Waals surface area contributed by atoms with Crippen molar-refractivity contribution in [2.24, 2.45) is 0 Å². The Bertz CT molecular complexity index is 194. The Labute approximate surface area is 74.6 Å². The number of hydrogen-bond donors (Lipinski definition) is 2. The molecule has 2 N–H and O–H groups in total. The minimum atomic E-state index is -0.707. The molecule has 0 aliphatic heterocycles. The van der Waals surface area contributed by atoms with Gasteiger partial charge < -0.3 is 10.6 Å². The van der Waals surface area contributed by atoms with Gasteiger partial charge in [0, 0.05) is 18.0 Å². The maximum Gasteiger partial charge on any atom is 0.291 e. The first-order chi connectivity index (χ1) is 6.16. The third-order valence-electron chi connectivity index (χ3n) is 1.18. The summed E-state index contributed by atoms with van der Waals surface area (Å²) in [6.07, 6.45) is 1.11. The monoisotopic (exact) mass is 189 g/mol. The van der Waals surface area contributed by atoms with Crippen LogP contribution in [0.15, 0.2) is 0 Å². The van der Waals surface area contributed by atoms with E-state index in [2.05, 4.69) is 10.6 Å². The van der Waals surface area contributed by atoms with Crippen LogP contribution < -0.4 is 10.6 Å². The molecule has 0 saturated heterocycles. The molecule has 0 aromatic carbocycles. The van der Waals surface area contributed by atoms with Crippen LogP contribution in [-0.2, 0) is 9.59 Å². The first kappa shape index (κ1) is 11.3. The lowest BCUT2D eigenvalue weighted by Gasteiger charge is -2.00. The van der Waals surface area contributed by atoms with E-state index in [4.69, 9.17) is 0 Å². The number of rotatable bonds is 7. The standard InChI is InChI=1S/C6H11N3O4/c10-5-7-2-1-3-8-6(11)4-9(12)13/h5H,1-4H2,(H,7,10)(H,8,11). The summed E-state index contributed by atoms with van der Waals surface area (Å²) in [5, 5.41) is 14.6. The number of nitrogens with zero attached hydrogens (tertiary/aromatic N) is 1. The molecule has 0 unspecified atom stereocenters. The van der Waals surface area contributed by atoms with Crippen molar-refractivity contribution in [3.05, 3.63) is 10.1 Å². The van der Waals surface area contributed by atoms with Crippen LogP contribution in [0.2, 0.25) is 0 Å². The van der Waals surface area contributed by atoms with E-state index in [0.29, 0.717) is 25.9 Å². The SMILES string of the molecule is O=CNCCCNC(=O)C[N+](=O)[O-]. The minimum Gasteiger partial charge on any atom is -0.359 e. The molecule has 0 aromatic heterocycles. The van der Waals surface area contributed by atoms with Gasteiger partial charge in [-0.15, -0.1) is 0 Å². The molecule has 0 aliphatic carbocycles. The van der Waals surface area contributed by atoms with Crippen LogP contribution in [0, 0.1) is 10.1 Å². The molecule has 0 bridgehead atoms. The Morgan fingerprint density at radius 1 is 1.46 bits per heavy atom. The number of hydrogen-bond acceptors (Lipinski definition) is 4. The van der Waals surface area contributed by atoms with Gasteiger partial charge in [0.05, 0.1) is 0 Å². The second-order valence-corrected chi connectivity index (χ2v) is 2.27. The molecule has 0 atom stereocenters. The third-order valence-corrected chi connectivity index (χ3v) is 1.18. The second-order valence-electron chi connectivity index (χ2n) is 2.27. The molecule has 7 heteroatoms. The molecule has 0 heterocycles. The predicted octanol–water partition coefficient (Wildman–Crippen LogP) is -1.48. The largest absolute Gasteiger partial charge is 0.359 e. The highest BCUT2D eigenvalue weighted by atomic mass is 16.6. The lowest BCUT2D eigenvalue weighted by molar-refractivity contribution is -0.467. The van der Waals surface area contributed by atoms with Crippen molar-refractivity contribution in [3.63, 3.8) is 0 Å². The lowest BCUT2D eigenvalue weighted by Crippen LogP contribution is -2.31. The molecule has 0 rings (SSSR count). The summed E-state index contributed by atoms with van der Waals surface area (Å²) in [6, 6.07) is 0. The van der Waals surface area contributed by atoms with E-state index in [1.54, 1.807) is 0 Å². The van der Waals surface area contributed by atoms with Crippen LogP contribution in [-0.4, -0.2) is 36.9 Å². The minimum absolute atomic E-state index is 0.327. The molecule has 13 heavy (non-hydrogen) atoms. The summed E-state index contributed by atoms with van der Waals surface area (Å²) < 4.78 is 0. The molecular formula is C6H11N3O4. The molecule has 0 radical (unpaired) electrons. The summed E-state index contributed by atoms with van der Waals surface area (Å²) in [4.78, 5) is 29.5. The van der Waals surface area contributed by atoms with Crippen LogP contribution in [0.5, 0.6) is 0 Å². The molecule has 0 saturated carbocycles. The fraction of sp³-hybridized carbons (Fsp3) is 0.667. The predicted molar refractivity (Wildman–Crippen MR) is 43.6 cm³/mol. The number of carbonyl (C=O) groups is 2. The van der Waals surface area contributed by atoms with Gasteiger partial charge in [-0.25, -0.2) is 0 Å². The number of nitro groups is 1. The van der Waals surface area contributed by atoms with Crippen molar-refractivity contribution in [1.29, 1.82) is 0 Å². The average Bonchev–Trinajstić information content (AvgIpc) is 2.02. The van der Waals surface area contributed by atoms with Crippen molar-refractivity contribution >= 4 is 12.3 Å². The van der Waals surface area contributed by atoms with Gasteiger partial charge in [-0.1, -0.05) is 0 Å². The van der Waals surface area contributed by atoms with Crippen LogP contribution in [0.3, 0.4) is 0 Å². The van der Waals surface area contributed by atoms with Gasteiger partial charge in [0.1, 0.15) is 0 Å². The summed E-state index contributed by atoms with van der Waals surface area (Å²) in [5.74, 6) is -0.615. The van der Waals surface area contributed by atoms with Crippen molar-refractivity contribution in [3.8, 4) is 0 Å². The Kier molecular flexibility index (Phi) is 6.12. The number of carbonyl (C=O) groups excluding carboxylic acids is 2. The van der Waals surface area contributed by atoms with Gasteiger partial charge in [-0.2, -0.15) is 0 Å². The molecule has 2 amide bonds. The van der Waals surface area contributed by atoms with Gasteiger partial charge in [-0.05, 0) is 6.42 Å². The van der Waals surface area contributed by atoms with Gasteiger partial charge in [0.15, 0.2) is 0 Å². The van der Waals surface area contributed by atoms with E-state index in [1.807, 2.05) is 0 Å².